The maximum Gasteiger partial charge on any atom is 0.0157 e. The molecule has 0 aliphatic rings. The van der Waals surface area contributed by atoms with Gasteiger partial charge in [0, 0.05) is 9.79 Å². The first kappa shape index (κ1) is 25.4. The van der Waals surface area contributed by atoms with Gasteiger partial charge in [-0.05, 0) is 67.2 Å². The Kier molecular flexibility index (Phi) is 6.71. The first-order valence-corrected chi connectivity index (χ1v) is 11.9. The van der Waals surface area contributed by atoms with Crippen LogP contribution < -0.4 is 0 Å². The van der Waals surface area contributed by atoms with E-state index < -0.39 is 0 Å². The Balaban J connectivity index is 3.03. The van der Waals surface area contributed by atoms with Gasteiger partial charge in [0.05, 0.1) is 0 Å². The smallest absolute Gasteiger partial charge is 0.0157 e. The molecule has 166 valence electrons. The predicted molar refractivity (Wildman–Crippen MR) is 141 cm³/mol. The summed E-state index contributed by atoms with van der Waals surface area (Å²) >= 11 is 10.2. The molecule has 0 amide bonds. The minimum Gasteiger partial charge on any atom is -0.142 e. The van der Waals surface area contributed by atoms with Crippen LogP contribution in [0, 0.1) is 0 Å². The Morgan fingerprint density at radius 2 is 0.700 bits per heavy atom. The van der Waals surface area contributed by atoms with Crippen LogP contribution in [-0.4, -0.2) is 0 Å². The monoisotopic (exact) mass is 442 g/mol. The average molecular weight is 443 g/mol. The molecule has 2 aromatic rings. The van der Waals surface area contributed by atoms with Gasteiger partial charge in [-0.3, -0.25) is 0 Å². The van der Waals surface area contributed by atoms with Crippen molar-refractivity contribution in [3.05, 3.63) is 46.5 Å². The Hall–Kier alpha value is -0.860. The average Bonchev–Trinajstić information content (AvgIpc) is 2.51. The number of rotatable bonds is 1. The van der Waals surface area contributed by atoms with Gasteiger partial charge in [0.25, 0.3) is 0 Å². The van der Waals surface area contributed by atoms with Crippen LogP contribution in [0.3, 0.4) is 0 Å². The lowest BCUT2D eigenvalue weighted by atomic mass is 9.76. The van der Waals surface area contributed by atoms with E-state index in [1.165, 1.54) is 33.4 Å². The van der Waals surface area contributed by atoms with Crippen LogP contribution >= 0.6 is 25.3 Å². The molecule has 0 aromatic heterocycles. The molecule has 2 aromatic carbocycles. The first-order valence-electron chi connectivity index (χ1n) is 11.0. The molecule has 0 unspecified atom stereocenters. The molecule has 0 radical (unpaired) electrons. The normalized spacial score (nSPS) is 13.7. The van der Waals surface area contributed by atoms with Crippen molar-refractivity contribution >= 4 is 25.3 Å². The fraction of sp³-hybridized carbons (Fsp3) is 0.571. The molecule has 30 heavy (non-hydrogen) atoms. The van der Waals surface area contributed by atoms with E-state index >= 15 is 0 Å². The van der Waals surface area contributed by atoms with Crippen molar-refractivity contribution in [1.82, 2.24) is 0 Å². The van der Waals surface area contributed by atoms with Crippen molar-refractivity contribution in [2.45, 2.75) is 115 Å². The first-order chi connectivity index (χ1) is 13.2. The van der Waals surface area contributed by atoms with Crippen molar-refractivity contribution in [3.8, 4) is 11.1 Å². The molecule has 0 saturated carbocycles. The highest BCUT2D eigenvalue weighted by Gasteiger charge is 2.28. The van der Waals surface area contributed by atoms with E-state index in [4.69, 9.17) is 25.3 Å². The third-order valence-corrected chi connectivity index (χ3v) is 6.82. The van der Waals surface area contributed by atoms with Gasteiger partial charge in [0.15, 0.2) is 0 Å². The standard InChI is InChI=1S/C28H42S2/c1-25(2,3)17-13-19(23(29)21(15-17)27(7,8)9)20-14-18(26(4,5)6)16-22(24(20)30)28(10,11)12/h13-16,29-30H,1-12H3. The van der Waals surface area contributed by atoms with Crippen LogP contribution in [0.1, 0.15) is 105 Å². The Morgan fingerprint density at radius 1 is 0.433 bits per heavy atom. The van der Waals surface area contributed by atoms with E-state index in [9.17, 15) is 0 Å². The van der Waals surface area contributed by atoms with E-state index in [1.54, 1.807) is 0 Å². The van der Waals surface area contributed by atoms with E-state index in [2.05, 4.69) is 107 Å². The SMILES string of the molecule is CC(C)(C)c1cc(-c2cc(C(C)(C)C)cc(C(C)(C)C)c2S)c(S)c(C(C)(C)C)c1. The summed E-state index contributed by atoms with van der Waals surface area (Å²) in [6.07, 6.45) is 0. The van der Waals surface area contributed by atoms with E-state index in [-0.39, 0.29) is 21.7 Å². The predicted octanol–water partition coefficient (Wildman–Crippen LogP) is 9.12. The molecule has 0 saturated heterocycles. The van der Waals surface area contributed by atoms with Crippen molar-refractivity contribution in [2.24, 2.45) is 0 Å². The Labute approximate surface area is 197 Å². The van der Waals surface area contributed by atoms with Gasteiger partial charge in [-0.2, -0.15) is 0 Å². The molecule has 0 atom stereocenters. The Morgan fingerprint density at radius 3 is 0.900 bits per heavy atom. The summed E-state index contributed by atoms with van der Waals surface area (Å²) in [4.78, 5) is 2.13. The zero-order chi connectivity index (χ0) is 23.4. The lowest BCUT2D eigenvalue weighted by molar-refractivity contribution is 0.557. The summed E-state index contributed by atoms with van der Waals surface area (Å²) in [5.41, 5.74) is 7.78. The van der Waals surface area contributed by atoms with Crippen LogP contribution in [0.15, 0.2) is 34.1 Å². The summed E-state index contributed by atoms with van der Waals surface area (Å²) < 4.78 is 0. The third-order valence-electron chi connectivity index (χ3n) is 5.86. The maximum absolute atomic E-state index is 5.09. The van der Waals surface area contributed by atoms with Crippen molar-refractivity contribution in [1.29, 1.82) is 0 Å². The summed E-state index contributed by atoms with van der Waals surface area (Å²) in [6, 6.07) is 9.38. The zero-order valence-electron chi connectivity index (χ0n) is 21.2. The number of benzene rings is 2. The van der Waals surface area contributed by atoms with Gasteiger partial charge in [0.1, 0.15) is 0 Å². The molecule has 2 rings (SSSR count). The quantitative estimate of drug-likeness (QED) is 0.404. The van der Waals surface area contributed by atoms with E-state index in [1.807, 2.05) is 0 Å². The molecule has 0 bridgehead atoms. The second-order valence-corrected chi connectivity index (χ2v) is 13.7. The highest BCUT2D eigenvalue weighted by atomic mass is 32.1. The molecular formula is C28H42S2. The van der Waals surface area contributed by atoms with Gasteiger partial charge < -0.3 is 0 Å². The topological polar surface area (TPSA) is 0 Å². The Bertz CT molecular complexity index is 858. The molecule has 0 spiro atoms. The molecule has 0 heterocycles. The van der Waals surface area contributed by atoms with Crippen molar-refractivity contribution in [3.63, 3.8) is 0 Å². The van der Waals surface area contributed by atoms with Crippen LogP contribution in [0.25, 0.3) is 11.1 Å². The van der Waals surface area contributed by atoms with Gasteiger partial charge >= 0.3 is 0 Å². The van der Waals surface area contributed by atoms with E-state index in [0.717, 1.165) is 9.79 Å². The summed E-state index contributed by atoms with van der Waals surface area (Å²) in [7, 11) is 0. The lowest BCUT2D eigenvalue weighted by Gasteiger charge is -2.31. The van der Waals surface area contributed by atoms with Crippen LogP contribution in [0.2, 0.25) is 0 Å². The fourth-order valence-electron chi connectivity index (χ4n) is 3.69. The van der Waals surface area contributed by atoms with Crippen molar-refractivity contribution in [2.75, 3.05) is 0 Å². The van der Waals surface area contributed by atoms with Crippen molar-refractivity contribution < 1.29 is 0 Å². The lowest BCUT2D eigenvalue weighted by Crippen LogP contribution is -2.19. The van der Waals surface area contributed by atoms with Crippen LogP contribution in [-0.2, 0) is 21.7 Å². The van der Waals surface area contributed by atoms with Gasteiger partial charge in [-0.25, -0.2) is 0 Å². The summed E-state index contributed by atoms with van der Waals surface area (Å²) in [5, 5.41) is 0. The van der Waals surface area contributed by atoms with Crippen LogP contribution in [0.5, 0.6) is 0 Å². The van der Waals surface area contributed by atoms with Crippen LogP contribution in [0.4, 0.5) is 0 Å². The minimum atomic E-state index is 0.0123. The molecule has 0 fully saturated rings. The molecule has 0 aliphatic heterocycles. The molecule has 2 heteroatoms. The van der Waals surface area contributed by atoms with Gasteiger partial charge in [-0.15, -0.1) is 25.3 Å². The molecule has 0 nitrogen and oxygen atoms in total. The number of hydrogen-bond acceptors (Lipinski definition) is 2. The molecular weight excluding hydrogens is 400 g/mol. The van der Waals surface area contributed by atoms with Gasteiger partial charge in [-0.1, -0.05) is 95.2 Å². The van der Waals surface area contributed by atoms with E-state index in [0.29, 0.717) is 0 Å². The van der Waals surface area contributed by atoms with Gasteiger partial charge in [0.2, 0.25) is 0 Å². The zero-order valence-corrected chi connectivity index (χ0v) is 23.0. The molecule has 0 aliphatic carbocycles. The maximum atomic E-state index is 5.09. The minimum absolute atomic E-state index is 0.0123. The summed E-state index contributed by atoms with van der Waals surface area (Å²) in [5.74, 6) is 0. The number of hydrogen-bond donors (Lipinski definition) is 2. The summed E-state index contributed by atoms with van der Waals surface area (Å²) in [6.45, 7) is 27.3. The second kappa shape index (κ2) is 7.93. The number of thiol groups is 2. The second-order valence-electron chi connectivity index (χ2n) is 12.8. The largest absolute Gasteiger partial charge is 0.142 e. The fourth-order valence-corrected chi connectivity index (χ4v) is 4.86. The molecule has 0 N–H and O–H groups in total. The third kappa shape index (κ3) is 5.30. The highest BCUT2D eigenvalue weighted by Crippen LogP contribution is 2.45. The highest BCUT2D eigenvalue weighted by molar-refractivity contribution is 7.81.